The van der Waals surface area contributed by atoms with Crippen LogP contribution in [-0.2, 0) is 16.6 Å². The molecular weight excluding hydrogens is 322 g/mol. The second kappa shape index (κ2) is 6.64. The van der Waals surface area contributed by atoms with E-state index < -0.39 is 5.97 Å². The molecule has 26 heavy (non-hydrogen) atoms. The van der Waals surface area contributed by atoms with E-state index >= 15 is 0 Å². The van der Waals surface area contributed by atoms with E-state index in [0.717, 1.165) is 36.9 Å². The Bertz CT molecular complexity index is 928. The maximum absolute atomic E-state index is 11.6. The summed E-state index contributed by atoms with van der Waals surface area (Å²) in [7, 11) is 0. The Morgan fingerprint density at radius 2 is 1.88 bits per heavy atom. The van der Waals surface area contributed by atoms with Gasteiger partial charge in [0, 0.05) is 22.0 Å². The molecule has 0 radical (unpaired) electrons. The van der Waals surface area contributed by atoms with Crippen LogP contribution in [0.3, 0.4) is 0 Å². The minimum absolute atomic E-state index is 0.196. The van der Waals surface area contributed by atoms with Crippen LogP contribution in [-0.4, -0.2) is 16.1 Å². The number of benzene rings is 2. The third kappa shape index (κ3) is 2.82. The maximum Gasteiger partial charge on any atom is 0.304 e. The van der Waals surface area contributed by atoms with Crippen molar-refractivity contribution in [3.8, 4) is 0 Å². The molecule has 3 aromatic rings. The van der Waals surface area contributed by atoms with E-state index in [-0.39, 0.29) is 11.8 Å². The van der Waals surface area contributed by atoms with Crippen LogP contribution in [0.15, 0.2) is 54.6 Å². The summed E-state index contributed by atoms with van der Waals surface area (Å²) in [4.78, 5) is 15.2. The molecule has 134 valence electrons. The van der Waals surface area contributed by atoms with Crippen LogP contribution in [0.5, 0.6) is 0 Å². The Balaban J connectivity index is 1.85. The summed E-state index contributed by atoms with van der Waals surface area (Å²) < 4.78 is 0. The average Bonchev–Trinajstić information content (AvgIpc) is 3.05. The van der Waals surface area contributed by atoms with Gasteiger partial charge in [0.05, 0.1) is 6.42 Å². The predicted molar refractivity (Wildman–Crippen MR) is 105 cm³/mol. The van der Waals surface area contributed by atoms with Gasteiger partial charge in [0.15, 0.2) is 0 Å². The average molecular weight is 347 g/mol. The van der Waals surface area contributed by atoms with Gasteiger partial charge in [-0.05, 0) is 48.8 Å². The van der Waals surface area contributed by atoms with Gasteiger partial charge in [0.2, 0.25) is 0 Å². The van der Waals surface area contributed by atoms with E-state index in [4.69, 9.17) is 0 Å². The van der Waals surface area contributed by atoms with Crippen LogP contribution >= 0.6 is 0 Å². The molecule has 1 heterocycles. The van der Waals surface area contributed by atoms with Crippen molar-refractivity contribution in [2.24, 2.45) is 0 Å². The van der Waals surface area contributed by atoms with E-state index in [1.165, 1.54) is 16.5 Å². The number of H-pyrrole nitrogens is 1. The number of rotatable bonds is 5. The number of hydrogen-bond acceptors (Lipinski definition) is 1. The largest absolute Gasteiger partial charge is 0.481 e. The number of fused-ring (bicyclic) bond motifs is 3. The van der Waals surface area contributed by atoms with Crippen molar-refractivity contribution in [3.63, 3.8) is 0 Å². The lowest BCUT2D eigenvalue weighted by Crippen LogP contribution is -2.34. The van der Waals surface area contributed by atoms with Gasteiger partial charge in [0.1, 0.15) is 0 Å². The summed E-state index contributed by atoms with van der Waals surface area (Å²) in [5, 5.41) is 10.8. The van der Waals surface area contributed by atoms with Crippen LogP contribution in [0, 0.1) is 0 Å². The van der Waals surface area contributed by atoms with Gasteiger partial charge in [0.25, 0.3) is 0 Å². The number of aromatic nitrogens is 1. The molecule has 0 saturated carbocycles. The molecule has 0 fully saturated rings. The maximum atomic E-state index is 11.6. The van der Waals surface area contributed by atoms with Gasteiger partial charge in [-0.3, -0.25) is 4.79 Å². The first kappa shape index (κ1) is 16.9. The number of carboxylic acid groups (broad SMARTS) is 1. The number of carboxylic acids is 1. The number of aromatic amines is 1. The fourth-order valence-electron chi connectivity index (χ4n) is 4.77. The number of para-hydroxylation sites is 1. The second-order valence-corrected chi connectivity index (χ2v) is 7.59. The van der Waals surface area contributed by atoms with Gasteiger partial charge in [-0.1, -0.05) is 55.5 Å². The Morgan fingerprint density at radius 3 is 2.62 bits per heavy atom. The number of hydrogen-bond donors (Lipinski definition) is 2. The molecule has 2 N–H and O–H groups in total. The van der Waals surface area contributed by atoms with Crippen molar-refractivity contribution in [3.05, 3.63) is 71.4 Å². The monoisotopic (exact) mass is 347 g/mol. The molecule has 1 aliphatic carbocycles. The van der Waals surface area contributed by atoms with Crippen LogP contribution < -0.4 is 0 Å². The number of aliphatic carboxylic acids is 1. The topological polar surface area (TPSA) is 53.1 Å². The first-order valence-corrected chi connectivity index (χ1v) is 9.50. The second-order valence-electron chi connectivity index (χ2n) is 7.59. The molecule has 4 rings (SSSR count). The number of nitrogens with one attached hydrogen (secondary N) is 1. The lowest BCUT2D eigenvalue weighted by atomic mass is 9.65. The molecule has 1 aliphatic rings. The molecule has 1 unspecified atom stereocenters. The zero-order chi connectivity index (χ0) is 18.1. The van der Waals surface area contributed by atoms with E-state index in [1.807, 2.05) is 6.07 Å². The molecule has 0 spiro atoms. The normalized spacial score (nSPS) is 22.3. The molecular formula is C23H25NO2. The van der Waals surface area contributed by atoms with Crippen LogP contribution in [0.25, 0.3) is 10.9 Å². The van der Waals surface area contributed by atoms with Crippen molar-refractivity contribution in [2.75, 3.05) is 0 Å². The molecule has 0 amide bonds. The quantitative estimate of drug-likeness (QED) is 0.648. The smallest absolute Gasteiger partial charge is 0.304 e. The highest BCUT2D eigenvalue weighted by molar-refractivity contribution is 5.86. The molecule has 2 atom stereocenters. The Morgan fingerprint density at radius 1 is 1.15 bits per heavy atom. The molecule has 3 heteroatoms. The molecule has 3 nitrogen and oxygen atoms in total. The summed E-state index contributed by atoms with van der Waals surface area (Å²) in [5.41, 5.74) is 4.69. The SMILES string of the molecule is CC[C@@]1(CC(=O)O)CCC(Cc2ccccc2)c2c1[nH]c1ccccc21. The minimum atomic E-state index is -0.710. The van der Waals surface area contributed by atoms with Gasteiger partial charge in [-0.15, -0.1) is 0 Å². The van der Waals surface area contributed by atoms with Gasteiger partial charge < -0.3 is 10.1 Å². The molecule has 0 aliphatic heterocycles. The van der Waals surface area contributed by atoms with Crippen LogP contribution in [0.2, 0.25) is 0 Å². The Kier molecular flexibility index (Phi) is 4.31. The summed E-state index contributed by atoms with van der Waals surface area (Å²) in [5.74, 6) is -0.282. The van der Waals surface area contributed by atoms with E-state index in [9.17, 15) is 9.90 Å². The molecule has 2 aromatic carbocycles. The van der Waals surface area contributed by atoms with Gasteiger partial charge in [-0.2, -0.15) is 0 Å². The van der Waals surface area contributed by atoms with Crippen molar-refractivity contribution >= 4 is 16.9 Å². The minimum Gasteiger partial charge on any atom is -0.481 e. The standard InChI is InChI=1S/C23H25NO2/c1-2-23(15-20(25)26)13-12-17(14-16-8-4-3-5-9-16)21-18-10-6-7-11-19(18)24-22(21)23/h3-11,17,24H,2,12-15H2,1H3,(H,25,26)/t17?,23-/m0/s1. The Hall–Kier alpha value is -2.55. The first-order chi connectivity index (χ1) is 12.6. The first-order valence-electron chi connectivity index (χ1n) is 9.50. The third-order valence-corrected chi connectivity index (χ3v) is 6.15. The highest BCUT2D eigenvalue weighted by Crippen LogP contribution is 2.50. The van der Waals surface area contributed by atoms with Crippen molar-refractivity contribution in [1.82, 2.24) is 4.98 Å². The lowest BCUT2D eigenvalue weighted by Gasteiger charge is -2.39. The van der Waals surface area contributed by atoms with E-state index in [2.05, 4.69) is 60.4 Å². The van der Waals surface area contributed by atoms with Crippen LogP contribution in [0.1, 0.15) is 55.3 Å². The fourth-order valence-corrected chi connectivity index (χ4v) is 4.77. The van der Waals surface area contributed by atoms with Crippen molar-refractivity contribution in [2.45, 2.75) is 50.4 Å². The zero-order valence-electron chi connectivity index (χ0n) is 15.2. The number of carbonyl (C=O) groups is 1. The summed E-state index contributed by atoms with van der Waals surface area (Å²) in [6.45, 7) is 2.12. The lowest BCUT2D eigenvalue weighted by molar-refractivity contribution is -0.138. The third-order valence-electron chi connectivity index (χ3n) is 6.15. The highest BCUT2D eigenvalue weighted by atomic mass is 16.4. The molecule has 1 aromatic heterocycles. The highest BCUT2D eigenvalue weighted by Gasteiger charge is 2.42. The summed E-state index contributed by atoms with van der Waals surface area (Å²) >= 11 is 0. The van der Waals surface area contributed by atoms with E-state index in [0.29, 0.717) is 5.92 Å². The van der Waals surface area contributed by atoms with Crippen molar-refractivity contribution in [1.29, 1.82) is 0 Å². The van der Waals surface area contributed by atoms with Crippen LogP contribution in [0.4, 0.5) is 0 Å². The van der Waals surface area contributed by atoms with Gasteiger partial charge in [-0.25, -0.2) is 0 Å². The summed E-state index contributed by atoms with van der Waals surface area (Å²) in [6.07, 6.45) is 4.00. The van der Waals surface area contributed by atoms with Gasteiger partial charge >= 0.3 is 5.97 Å². The Labute approximate surface area is 154 Å². The molecule has 0 bridgehead atoms. The fraction of sp³-hybridized carbons (Fsp3) is 0.348. The predicted octanol–water partition coefficient (Wildman–Crippen LogP) is 5.41. The summed E-state index contributed by atoms with van der Waals surface area (Å²) in [6, 6.07) is 19.0. The zero-order valence-corrected chi connectivity index (χ0v) is 15.2. The molecule has 0 saturated heterocycles. The van der Waals surface area contributed by atoms with Crippen molar-refractivity contribution < 1.29 is 9.90 Å². The van der Waals surface area contributed by atoms with E-state index in [1.54, 1.807) is 0 Å².